The second-order valence-electron chi connectivity index (χ2n) is 3.82. The van der Waals surface area contributed by atoms with E-state index in [1.165, 1.54) is 6.42 Å². The molecule has 3 heteroatoms. The Morgan fingerprint density at radius 1 is 1.31 bits per heavy atom. The average Bonchev–Trinajstić information content (AvgIpc) is 2.15. The van der Waals surface area contributed by atoms with Crippen molar-refractivity contribution in [2.45, 2.75) is 32.3 Å². The number of hydrogen-bond donors (Lipinski definition) is 2. The van der Waals surface area contributed by atoms with E-state index < -0.39 is 0 Å². The molecular weight excluding hydrogens is 164 g/mol. The molecule has 0 spiro atoms. The average molecular weight is 186 g/mol. The van der Waals surface area contributed by atoms with Crippen LogP contribution in [0, 0.1) is 0 Å². The molecule has 0 radical (unpaired) electrons. The first-order valence-corrected chi connectivity index (χ1v) is 5.44. The molecule has 1 saturated heterocycles. The van der Waals surface area contributed by atoms with Crippen molar-refractivity contribution in [3.8, 4) is 0 Å². The smallest absolute Gasteiger partial charge is 0.0564 e. The van der Waals surface area contributed by atoms with Gasteiger partial charge in [0.15, 0.2) is 0 Å². The molecule has 13 heavy (non-hydrogen) atoms. The van der Waals surface area contributed by atoms with E-state index in [-0.39, 0.29) is 6.10 Å². The molecule has 0 amide bonds. The molecule has 1 aliphatic heterocycles. The molecule has 1 heterocycles. The van der Waals surface area contributed by atoms with E-state index in [0.29, 0.717) is 0 Å². The Bertz CT molecular complexity index is 122. The molecule has 0 saturated carbocycles. The van der Waals surface area contributed by atoms with Crippen LogP contribution >= 0.6 is 0 Å². The van der Waals surface area contributed by atoms with Crippen molar-refractivity contribution in [2.75, 3.05) is 32.7 Å². The summed E-state index contributed by atoms with van der Waals surface area (Å²) in [7, 11) is 0. The summed E-state index contributed by atoms with van der Waals surface area (Å²) < 4.78 is 0. The van der Waals surface area contributed by atoms with Gasteiger partial charge in [-0.25, -0.2) is 0 Å². The highest BCUT2D eigenvalue weighted by molar-refractivity contribution is 4.71. The van der Waals surface area contributed by atoms with E-state index in [4.69, 9.17) is 0 Å². The Labute approximate surface area is 81.1 Å². The number of aliphatic hydroxyl groups excluding tert-OH is 1. The summed E-state index contributed by atoms with van der Waals surface area (Å²) in [4.78, 5) is 2.43. The highest BCUT2D eigenvalue weighted by atomic mass is 16.3. The van der Waals surface area contributed by atoms with Crippen molar-refractivity contribution in [1.29, 1.82) is 0 Å². The molecule has 0 bridgehead atoms. The number of likely N-dealkylation sites (tertiary alicyclic amines) is 1. The van der Waals surface area contributed by atoms with Gasteiger partial charge in [0.1, 0.15) is 0 Å². The SMILES string of the molecule is CCCNCCN1CCC(O)CC1. The predicted octanol–water partition coefficient (Wildman–Crippen LogP) is 0.443. The normalized spacial score (nSPS) is 20.8. The largest absolute Gasteiger partial charge is 0.393 e. The zero-order valence-electron chi connectivity index (χ0n) is 8.63. The monoisotopic (exact) mass is 186 g/mol. The molecule has 0 aromatic carbocycles. The van der Waals surface area contributed by atoms with Gasteiger partial charge in [-0.05, 0) is 25.8 Å². The van der Waals surface area contributed by atoms with E-state index in [2.05, 4.69) is 17.1 Å². The Kier molecular flexibility index (Phi) is 5.35. The minimum absolute atomic E-state index is 0.0418. The van der Waals surface area contributed by atoms with Crippen LogP contribution in [0.15, 0.2) is 0 Å². The number of rotatable bonds is 5. The first-order valence-electron chi connectivity index (χ1n) is 5.44. The zero-order chi connectivity index (χ0) is 9.52. The van der Waals surface area contributed by atoms with Crippen molar-refractivity contribution < 1.29 is 5.11 Å². The second-order valence-corrected chi connectivity index (χ2v) is 3.82. The molecule has 0 unspecified atom stereocenters. The van der Waals surface area contributed by atoms with Crippen LogP contribution in [0.3, 0.4) is 0 Å². The molecule has 1 aliphatic rings. The molecule has 0 aromatic heterocycles. The van der Waals surface area contributed by atoms with Crippen LogP contribution in [0.5, 0.6) is 0 Å². The van der Waals surface area contributed by atoms with Gasteiger partial charge in [-0.15, -0.1) is 0 Å². The molecule has 3 nitrogen and oxygen atoms in total. The van der Waals surface area contributed by atoms with Crippen molar-refractivity contribution >= 4 is 0 Å². The maximum atomic E-state index is 9.29. The minimum atomic E-state index is -0.0418. The fourth-order valence-corrected chi connectivity index (χ4v) is 1.68. The Morgan fingerprint density at radius 3 is 2.62 bits per heavy atom. The third kappa shape index (κ3) is 4.60. The lowest BCUT2D eigenvalue weighted by Crippen LogP contribution is -2.39. The lowest BCUT2D eigenvalue weighted by Gasteiger charge is -2.29. The van der Waals surface area contributed by atoms with Gasteiger partial charge >= 0.3 is 0 Å². The molecule has 0 aromatic rings. The van der Waals surface area contributed by atoms with Gasteiger partial charge in [-0.3, -0.25) is 0 Å². The number of piperidine rings is 1. The van der Waals surface area contributed by atoms with Gasteiger partial charge in [0, 0.05) is 26.2 Å². The lowest BCUT2D eigenvalue weighted by molar-refractivity contribution is 0.0831. The topological polar surface area (TPSA) is 35.5 Å². The van der Waals surface area contributed by atoms with Gasteiger partial charge in [0.25, 0.3) is 0 Å². The van der Waals surface area contributed by atoms with E-state index in [1.54, 1.807) is 0 Å². The minimum Gasteiger partial charge on any atom is -0.393 e. The van der Waals surface area contributed by atoms with Gasteiger partial charge in [0.05, 0.1) is 6.10 Å². The Balaban J connectivity index is 1.96. The zero-order valence-corrected chi connectivity index (χ0v) is 8.63. The summed E-state index contributed by atoms with van der Waals surface area (Å²) in [6, 6.07) is 0. The number of nitrogens with one attached hydrogen (secondary N) is 1. The standard InChI is InChI=1S/C10H22N2O/c1-2-5-11-6-9-12-7-3-10(13)4-8-12/h10-11,13H,2-9H2,1H3. The summed E-state index contributed by atoms with van der Waals surface area (Å²) in [5.74, 6) is 0. The van der Waals surface area contributed by atoms with E-state index >= 15 is 0 Å². The van der Waals surface area contributed by atoms with Gasteiger partial charge < -0.3 is 15.3 Å². The van der Waals surface area contributed by atoms with Crippen LogP contribution in [-0.4, -0.2) is 48.8 Å². The number of hydrogen-bond acceptors (Lipinski definition) is 3. The quantitative estimate of drug-likeness (QED) is 0.612. The van der Waals surface area contributed by atoms with Crippen LogP contribution in [0.4, 0.5) is 0 Å². The maximum absolute atomic E-state index is 9.29. The lowest BCUT2D eigenvalue weighted by atomic mass is 10.1. The molecule has 0 aliphatic carbocycles. The molecule has 2 N–H and O–H groups in total. The molecule has 1 fully saturated rings. The fourth-order valence-electron chi connectivity index (χ4n) is 1.68. The Hall–Kier alpha value is -0.120. The molecule has 1 rings (SSSR count). The first kappa shape index (κ1) is 11.0. The highest BCUT2D eigenvalue weighted by Gasteiger charge is 2.15. The van der Waals surface area contributed by atoms with Gasteiger partial charge in [0.2, 0.25) is 0 Å². The summed E-state index contributed by atoms with van der Waals surface area (Å²) in [6.07, 6.45) is 3.07. The third-order valence-electron chi connectivity index (χ3n) is 2.59. The number of aliphatic hydroxyl groups is 1. The highest BCUT2D eigenvalue weighted by Crippen LogP contribution is 2.08. The predicted molar refractivity (Wildman–Crippen MR) is 54.8 cm³/mol. The first-order chi connectivity index (χ1) is 6.33. The Morgan fingerprint density at radius 2 is 2.00 bits per heavy atom. The molecular formula is C10H22N2O. The van der Waals surface area contributed by atoms with Crippen LogP contribution in [0.25, 0.3) is 0 Å². The summed E-state index contributed by atoms with van der Waals surface area (Å²) in [6.45, 7) is 7.65. The van der Waals surface area contributed by atoms with Crippen LogP contribution in [0.1, 0.15) is 26.2 Å². The van der Waals surface area contributed by atoms with E-state index in [1.807, 2.05) is 0 Å². The number of nitrogens with zero attached hydrogens (tertiary/aromatic N) is 1. The van der Waals surface area contributed by atoms with Crippen molar-refractivity contribution in [1.82, 2.24) is 10.2 Å². The molecule has 78 valence electrons. The summed E-state index contributed by atoms with van der Waals surface area (Å²) in [5, 5.41) is 12.7. The fraction of sp³-hybridized carbons (Fsp3) is 1.00. The van der Waals surface area contributed by atoms with Gasteiger partial charge in [-0.2, -0.15) is 0 Å². The van der Waals surface area contributed by atoms with Gasteiger partial charge in [-0.1, -0.05) is 6.92 Å². The summed E-state index contributed by atoms with van der Waals surface area (Å²) >= 11 is 0. The van der Waals surface area contributed by atoms with Crippen LogP contribution in [0.2, 0.25) is 0 Å². The van der Waals surface area contributed by atoms with E-state index in [9.17, 15) is 5.11 Å². The molecule has 0 atom stereocenters. The van der Waals surface area contributed by atoms with Crippen LogP contribution in [-0.2, 0) is 0 Å². The third-order valence-corrected chi connectivity index (χ3v) is 2.59. The van der Waals surface area contributed by atoms with Crippen molar-refractivity contribution in [3.05, 3.63) is 0 Å². The summed E-state index contributed by atoms with van der Waals surface area (Å²) in [5.41, 5.74) is 0. The van der Waals surface area contributed by atoms with Crippen molar-refractivity contribution in [2.24, 2.45) is 0 Å². The van der Waals surface area contributed by atoms with E-state index in [0.717, 1.165) is 45.6 Å². The van der Waals surface area contributed by atoms with Crippen molar-refractivity contribution in [3.63, 3.8) is 0 Å². The van der Waals surface area contributed by atoms with Crippen LogP contribution < -0.4 is 5.32 Å². The second kappa shape index (κ2) is 6.35. The maximum Gasteiger partial charge on any atom is 0.0564 e.